The highest BCUT2D eigenvalue weighted by atomic mass is 35.5. The van der Waals surface area contributed by atoms with Crippen LogP contribution < -0.4 is 10.5 Å². The SMILES string of the molecule is CCc1cc(Oc2ccc(C(N)=S)nc2)ccc1Cl. The molecule has 0 unspecified atom stereocenters. The van der Waals surface area contributed by atoms with E-state index in [1.165, 1.54) is 0 Å². The van der Waals surface area contributed by atoms with E-state index in [2.05, 4.69) is 4.98 Å². The fraction of sp³-hybridized carbons (Fsp3) is 0.143. The van der Waals surface area contributed by atoms with Gasteiger partial charge in [-0.25, -0.2) is 4.98 Å². The molecule has 0 fully saturated rings. The number of aryl methyl sites for hydroxylation is 1. The second kappa shape index (κ2) is 5.99. The van der Waals surface area contributed by atoms with Crippen molar-refractivity contribution in [1.82, 2.24) is 4.98 Å². The molecule has 98 valence electrons. The molecule has 0 aliphatic heterocycles. The minimum absolute atomic E-state index is 0.270. The fourth-order valence-corrected chi connectivity index (χ4v) is 1.98. The summed E-state index contributed by atoms with van der Waals surface area (Å²) < 4.78 is 5.71. The Balaban J connectivity index is 2.19. The van der Waals surface area contributed by atoms with Crippen LogP contribution in [0.25, 0.3) is 0 Å². The van der Waals surface area contributed by atoms with Crippen molar-refractivity contribution in [2.45, 2.75) is 13.3 Å². The zero-order valence-corrected chi connectivity index (χ0v) is 12.0. The van der Waals surface area contributed by atoms with Crippen molar-refractivity contribution in [3.8, 4) is 11.5 Å². The molecule has 0 aliphatic carbocycles. The van der Waals surface area contributed by atoms with Gasteiger partial charge in [-0.15, -0.1) is 0 Å². The normalized spacial score (nSPS) is 10.2. The number of halogens is 1. The lowest BCUT2D eigenvalue weighted by Gasteiger charge is -2.08. The molecule has 2 rings (SSSR count). The molecule has 3 nitrogen and oxygen atoms in total. The van der Waals surface area contributed by atoms with E-state index < -0.39 is 0 Å². The van der Waals surface area contributed by atoms with E-state index in [-0.39, 0.29) is 4.99 Å². The molecular weight excluding hydrogens is 280 g/mol. The topological polar surface area (TPSA) is 48.1 Å². The predicted molar refractivity (Wildman–Crippen MR) is 81.0 cm³/mol. The Morgan fingerprint density at radius 1 is 1.32 bits per heavy atom. The average Bonchev–Trinajstić information content (AvgIpc) is 2.41. The summed E-state index contributed by atoms with van der Waals surface area (Å²) in [6, 6.07) is 9.08. The maximum atomic E-state index is 6.06. The summed E-state index contributed by atoms with van der Waals surface area (Å²) in [5.41, 5.74) is 7.11. The van der Waals surface area contributed by atoms with Crippen molar-refractivity contribution in [2.75, 3.05) is 0 Å². The number of nitrogens with two attached hydrogens (primary N) is 1. The predicted octanol–water partition coefficient (Wildman–Crippen LogP) is 3.72. The van der Waals surface area contributed by atoms with E-state index in [1.54, 1.807) is 18.3 Å². The highest BCUT2D eigenvalue weighted by Crippen LogP contribution is 2.26. The lowest BCUT2D eigenvalue weighted by atomic mass is 10.1. The van der Waals surface area contributed by atoms with E-state index >= 15 is 0 Å². The van der Waals surface area contributed by atoms with Crippen LogP contribution in [0.2, 0.25) is 5.02 Å². The Hall–Kier alpha value is -1.65. The first-order chi connectivity index (χ1) is 9.10. The zero-order chi connectivity index (χ0) is 13.8. The fourth-order valence-electron chi connectivity index (χ4n) is 1.61. The molecule has 0 saturated carbocycles. The van der Waals surface area contributed by atoms with Gasteiger partial charge in [0.25, 0.3) is 0 Å². The van der Waals surface area contributed by atoms with Crippen LogP contribution in [-0.2, 0) is 6.42 Å². The molecule has 0 aliphatic rings. The molecular formula is C14H13ClN2OS. The molecule has 1 heterocycles. The van der Waals surface area contributed by atoms with Crippen molar-refractivity contribution < 1.29 is 4.74 Å². The largest absolute Gasteiger partial charge is 0.456 e. The van der Waals surface area contributed by atoms with E-state index in [4.69, 9.17) is 34.3 Å². The van der Waals surface area contributed by atoms with E-state index in [0.717, 1.165) is 22.8 Å². The molecule has 0 radical (unpaired) electrons. The summed E-state index contributed by atoms with van der Waals surface area (Å²) in [5, 5.41) is 0.747. The Morgan fingerprint density at radius 3 is 2.63 bits per heavy atom. The summed E-state index contributed by atoms with van der Waals surface area (Å²) >= 11 is 10.9. The molecule has 19 heavy (non-hydrogen) atoms. The number of ether oxygens (including phenoxy) is 1. The first kappa shape index (κ1) is 13.8. The van der Waals surface area contributed by atoms with Crippen LogP contribution >= 0.6 is 23.8 Å². The Bertz CT molecular complexity index is 599. The summed E-state index contributed by atoms with van der Waals surface area (Å²) in [7, 11) is 0. The van der Waals surface area contributed by atoms with Crippen LogP contribution in [-0.4, -0.2) is 9.97 Å². The highest BCUT2D eigenvalue weighted by Gasteiger charge is 2.04. The van der Waals surface area contributed by atoms with Crippen molar-refractivity contribution >= 4 is 28.8 Å². The smallest absolute Gasteiger partial charge is 0.145 e. The number of pyridine rings is 1. The third-order valence-corrected chi connectivity index (χ3v) is 3.20. The number of benzene rings is 1. The second-order valence-corrected chi connectivity index (χ2v) is 4.80. The minimum Gasteiger partial charge on any atom is -0.456 e. The van der Waals surface area contributed by atoms with Crippen molar-refractivity contribution in [3.63, 3.8) is 0 Å². The molecule has 0 bridgehead atoms. The Kier molecular flexibility index (Phi) is 4.35. The third-order valence-electron chi connectivity index (χ3n) is 2.62. The van der Waals surface area contributed by atoms with E-state index in [1.807, 2.05) is 25.1 Å². The van der Waals surface area contributed by atoms with Crippen LogP contribution in [0.3, 0.4) is 0 Å². The molecule has 0 saturated heterocycles. The van der Waals surface area contributed by atoms with Gasteiger partial charge < -0.3 is 10.5 Å². The lowest BCUT2D eigenvalue weighted by molar-refractivity contribution is 0.479. The van der Waals surface area contributed by atoms with Crippen LogP contribution in [0.15, 0.2) is 36.5 Å². The maximum absolute atomic E-state index is 6.06. The number of rotatable bonds is 4. The highest BCUT2D eigenvalue weighted by molar-refractivity contribution is 7.80. The molecule has 1 aromatic carbocycles. The molecule has 0 atom stereocenters. The lowest BCUT2D eigenvalue weighted by Crippen LogP contribution is -2.10. The first-order valence-electron chi connectivity index (χ1n) is 5.82. The van der Waals surface area contributed by atoms with Gasteiger partial charge in [-0.2, -0.15) is 0 Å². The summed E-state index contributed by atoms with van der Waals surface area (Å²) in [6.07, 6.45) is 2.45. The number of thiocarbonyl (C=S) groups is 1. The average molecular weight is 293 g/mol. The number of hydrogen-bond donors (Lipinski definition) is 1. The monoisotopic (exact) mass is 292 g/mol. The zero-order valence-electron chi connectivity index (χ0n) is 10.4. The summed E-state index contributed by atoms with van der Waals surface area (Å²) in [5.74, 6) is 1.36. The number of aromatic nitrogens is 1. The van der Waals surface area contributed by atoms with Gasteiger partial charge in [0.15, 0.2) is 0 Å². The van der Waals surface area contributed by atoms with Gasteiger partial charge in [0.1, 0.15) is 16.5 Å². The molecule has 1 aromatic heterocycles. The molecule has 0 amide bonds. The molecule has 0 spiro atoms. The van der Waals surface area contributed by atoms with Gasteiger partial charge in [-0.05, 0) is 42.3 Å². The summed E-state index contributed by atoms with van der Waals surface area (Å²) in [6.45, 7) is 2.05. The van der Waals surface area contributed by atoms with Gasteiger partial charge in [-0.3, -0.25) is 0 Å². The van der Waals surface area contributed by atoms with Gasteiger partial charge >= 0.3 is 0 Å². The quantitative estimate of drug-likeness (QED) is 0.873. The maximum Gasteiger partial charge on any atom is 0.145 e. The minimum atomic E-state index is 0.270. The number of nitrogens with zero attached hydrogens (tertiary/aromatic N) is 1. The van der Waals surface area contributed by atoms with Crippen molar-refractivity contribution in [1.29, 1.82) is 0 Å². The van der Waals surface area contributed by atoms with Crippen LogP contribution in [0.5, 0.6) is 11.5 Å². The van der Waals surface area contributed by atoms with Gasteiger partial charge in [0.05, 0.1) is 11.9 Å². The Morgan fingerprint density at radius 2 is 2.05 bits per heavy atom. The molecule has 5 heteroatoms. The first-order valence-corrected chi connectivity index (χ1v) is 6.61. The van der Waals surface area contributed by atoms with Gasteiger partial charge in [-0.1, -0.05) is 30.7 Å². The Labute approximate surface area is 122 Å². The van der Waals surface area contributed by atoms with Crippen molar-refractivity contribution in [2.24, 2.45) is 5.73 Å². The van der Waals surface area contributed by atoms with Gasteiger partial charge in [0.2, 0.25) is 0 Å². The van der Waals surface area contributed by atoms with Crippen LogP contribution in [0, 0.1) is 0 Å². The van der Waals surface area contributed by atoms with E-state index in [9.17, 15) is 0 Å². The van der Waals surface area contributed by atoms with Crippen molar-refractivity contribution in [3.05, 3.63) is 52.8 Å². The van der Waals surface area contributed by atoms with Crippen LogP contribution in [0.4, 0.5) is 0 Å². The standard InChI is InChI=1S/C14H13ClN2OS/c1-2-9-7-10(3-5-12(9)15)18-11-4-6-13(14(16)19)17-8-11/h3-8H,2H2,1H3,(H2,16,19). The molecule has 2 aromatic rings. The van der Waals surface area contributed by atoms with E-state index in [0.29, 0.717) is 11.4 Å². The number of hydrogen-bond acceptors (Lipinski definition) is 3. The summed E-state index contributed by atoms with van der Waals surface area (Å²) in [4.78, 5) is 4.39. The third kappa shape index (κ3) is 3.43. The van der Waals surface area contributed by atoms with Gasteiger partial charge in [0, 0.05) is 5.02 Å². The molecule has 2 N–H and O–H groups in total. The second-order valence-electron chi connectivity index (χ2n) is 3.95. The van der Waals surface area contributed by atoms with Crippen LogP contribution in [0.1, 0.15) is 18.2 Å².